The van der Waals surface area contributed by atoms with Crippen LogP contribution in [0.2, 0.25) is 0 Å². The van der Waals surface area contributed by atoms with E-state index in [9.17, 15) is 5.11 Å². The second-order valence-corrected chi connectivity index (χ2v) is 11.5. The minimum absolute atomic E-state index is 0.330. The van der Waals surface area contributed by atoms with Crippen LogP contribution in [0, 0.1) is 0 Å². The monoisotopic (exact) mass is 512 g/mol. The Morgan fingerprint density at radius 1 is 0.757 bits per heavy atom. The molecular formula is C32H36N2O2S. The van der Waals surface area contributed by atoms with Crippen LogP contribution in [-0.2, 0) is 24.1 Å². The predicted octanol–water partition coefficient (Wildman–Crippen LogP) is 6.34. The number of hydrogen-bond donors (Lipinski definition) is 1. The zero-order chi connectivity index (χ0) is 25.0. The van der Waals surface area contributed by atoms with E-state index in [2.05, 4.69) is 64.4 Å². The van der Waals surface area contributed by atoms with Crippen molar-refractivity contribution in [3.8, 4) is 16.2 Å². The number of thiophene rings is 1. The molecule has 0 atom stereocenters. The lowest BCUT2D eigenvalue weighted by molar-refractivity contribution is 0.0384. The van der Waals surface area contributed by atoms with Crippen LogP contribution in [0.3, 0.4) is 0 Å². The highest BCUT2D eigenvalue weighted by molar-refractivity contribution is 7.22. The highest BCUT2D eigenvalue weighted by Gasteiger charge is 2.16. The van der Waals surface area contributed by atoms with E-state index in [1.807, 2.05) is 12.1 Å². The van der Waals surface area contributed by atoms with Gasteiger partial charge in [-0.2, -0.15) is 0 Å². The molecule has 1 aromatic heterocycles. The second kappa shape index (κ2) is 11.4. The molecule has 0 unspecified atom stereocenters. The van der Waals surface area contributed by atoms with Crippen molar-refractivity contribution in [1.82, 2.24) is 9.80 Å². The summed E-state index contributed by atoms with van der Waals surface area (Å²) in [6.07, 6.45) is 4.62. The van der Waals surface area contributed by atoms with Gasteiger partial charge in [0.15, 0.2) is 0 Å². The Hall–Kier alpha value is -2.70. The van der Waals surface area contributed by atoms with E-state index < -0.39 is 0 Å². The number of likely N-dealkylation sites (tertiary alicyclic amines) is 1. The molecule has 3 aromatic carbocycles. The summed E-state index contributed by atoms with van der Waals surface area (Å²) in [6.45, 7) is 8.38. The van der Waals surface area contributed by atoms with Crippen molar-refractivity contribution in [3.63, 3.8) is 0 Å². The maximum absolute atomic E-state index is 10.1. The average molecular weight is 513 g/mol. The van der Waals surface area contributed by atoms with Crippen LogP contribution in [0.5, 0.6) is 5.75 Å². The molecule has 2 saturated heterocycles. The Labute approximate surface area is 224 Å². The van der Waals surface area contributed by atoms with Crippen LogP contribution in [0.1, 0.15) is 35.1 Å². The number of nitrogens with zero attached hydrogens (tertiary/aromatic N) is 2. The van der Waals surface area contributed by atoms with Crippen molar-refractivity contribution in [1.29, 1.82) is 0 Å². The summed E-state index contributed by atoms with van der Waals surface area (Å²) in [7, 11) is 0. The highest BCUT2D eigenvalue weighted by Crippen LogP contribution is 2.41. The molecule has 2 fully saturated rings. The van der Waals surface area contributed by atoms with E-state index in [-0.39, 0.29) is 0 Å². The number of fused-ring (bicyclic) bond motifs is 1. The summed E-state index contributed by atoms with van der Waals surface area (Å²) in [4.78, 5) is 6.35. The summed E-state index contributed by atoms with van der Waals surface area (Å²) < 4.78 is 6.62. The van der Waals surface area contributed by atoms with Crippen LogP contribution in [0.25, 0.3) is 20.5 Å². The molecule has 6 rings (SSSR count). The normalized spacial score (nSPS) is 17.1. The lowest BCUT2D eigenvalue weighted by atomic mass is 9.97. The summed E-state index contributed by atoms with van der Waals surface area (Å²) in [5.74, 6) is 0.330. The minimum atomic E-state index is 0.330. The second-order valence-electron chi connectivity index (χ2n) is 10.5. The van der Waals surface area contributed by atoms with Gasteiger partial charge in [0.1, 0.15) is 5.75 Å². The zero-order valence-corrected chi connectivity index (χ0v) is 22.3. The third kappa shape index (κ3) is 5.91. The van der Waals surface area contributed by atoms with Gasteiger partial charge in [0.2, 0.25) is 0 Å². The fraction of sp³-hybridized carbons (Fsp3) is 0.375. The van der Waals surface area contributed by atoms with Crippen LogP contribution >= 0.6 is 11.3 Å². The van der Waals surface area contributed by atoms with Gasteiger partial charge in [0.25, 0.3) is 0 Å². The summed E-state index contributed by atoms with van der Waals surface area (Å²) >= 11 is 1.79. The largest absolute Gasteiger partial charge is 0.508 e. The van der Waals surface area contributed by atoms with Crippen molar-refractivity contribution in [2.75, 3.05) is 45.9 Å². The highest BCUT2D eigenvalue weighted by atomic mass is 32.1. The standard InChI is InChI=1S/C32H36N2O2S/c35-28-11-12-29-30(21-25-3-5-26(6-4-25)23-34-14-1-2-15-34)32(37-31(29)22-28)27-9-7-24(8-10-27)13-16-33-17-19-36-20-18-33/h3-12,22,35H,1-2,13-21,23H2. The Morgan fingerprint density at radius 2 is 1.46 bits per heavy atom. The number of benzene rings is 3. The van der Waals surface area contributed by atoms with Gasteiger partial charge in [-0.3, -0.25) is 9.80 Å². The molecule has 4 aromatic rings. The van der Waals surface area contributed by atoms with E-state index in [0.717, 1.165) is 56.9 Å². The van der Waals surface area contributed by atoms with Gasteiger partial charge < -0.3 is 9.84 Å². The Balaban J connectivity index is 1.22. The molecule has 2 aliphatic heterocycles. The predicted molar refractivity (Wildman–Crippen MR) is 154 cm³/mol. The number of aromatic hydroxyl groups is 1. The molecule has 4 nitrogen and oxygen atoms in total. The SMILES string of the molecule is Oc1ccc2c(Cc3ccc(CN4CCCC4)cc3)c(-c3ccc(CCN4CCOCC4)cc3)sc2c1. The molecule has 0 saturated carbocycles. The van der Waals surface area contributed by atoms with Crippen LogP contribution in [0.15, 0.2) is 66.7 Å². The van der Waals surface area contributed by atoms with E-state index in [0.29, 0.717) is 5.75 Å². The number of rotatable bonds is 8. The number of hydrogen-bond acceptors (Lipinski definition) is 5. The Bertz CT molecular complexity index is 1320. The van der Waals surface area contributed by atoms with E-state index in [1.165, 1.54) is 64.0 Å². The van der Waals surface area contributed by atoms with Crippen molar-refractivity contribution in [2.24, 2.45) is 0 Å². The van der Waals surface area contributed by atoms with E-state index in [4.69, 9.17) is 4.74 Å². The number of phenolic OH excluding ortho intramolecular Hbond substituents is 1. The van der Waals surface area contributed by atoms with Gasteiger partial charge >= 0.3 is 0 Å². The molecule has 0 bridgehead atoms. The fourth-order valence-corrected chi connectivity index (χ4v) is 6.91. The topological polar surface area (TPSA) is 35.9 Å². The maximum atomic E-state index is 10.1. The van der Waals surface area contributed by atoms with Gasteiger partial charge in [0, 0.05) is 35.8 Å². The van der Waals surface area contributed by atoms with Crippen LogP contribution in [0.4, 0.5) is 0 Å². The third-order valence-corrected chi connectivity index (χ3v) is 9.07. The minimum Gasteiger partial charge on any atom is -0.508 e. The summed E-state index contributed by atoms with van der Waals surface area (Å²) in [6, 6.07) is 24.1. The first-order valence-corrected chi connectivity index (χ1v) is 14.5. The molecule has 1 N–H and O–H groups in total. The molecule has 5 heteroatoms. The first-order chi connectivity index (χ1) is 18.2. The maximum Gasteiger partial charge on any atom is 0.117 e. The molecule has 0 radical (unpaired) electrons. The molecular weight excluding hydrogens is 476 g/mol. The van der Waals surface area contributed by atoms with Gasteiger partial charge in [-0.1, -0.05) is 48.5 Å². The van der Waals surface area contributed by atoms with E-state index in [1.54, 1.807) is 11.3 Å². The van der Waals surface area contributed by atoms with Crippen molar-refractivity contribution >= 4 is 21.4 Å². The average Bonchev–Trinajstić information content (AvgIpc) is 3.57. The molecule has 2 aliphatic rings. The lowest BCUT2D eigenvalue weighted by Gasteiger charge is -2.26. The first kappa shape index (κ1) is 24.6. The molecule has 0 aliphatic carbocycles. The van der Waals surface area contributed by atoms with Crippen molar-refractivity contribution in [2.45, 2.75) is 32.2 Å². The zero-order valence-electron chi connectivity index (χ0n) is 21.5. The molecule has 3 heterocycles. The number of ether oxygens (including phenoxy) is 1. The molecule has 192 valence electrons. The Kier molecular flexibility index (Phi) is 7.56. The molecule has 0 spiro atoms. The first-order valence-electron chi connectivity index (χ1n) is 13.7. The Morgan fingerprint density at radius 3 is 2.22 bits per heavy atom. The van der Waals surface area contributed by atoms with Gasteiger partial charge in [0.05, 0.1) is 13.2 Å². The van der Waals surface area contributed by atoms with E-state index >= 15 is 0 Å². The van der Waals surface area contributed by atoms with Crippen LogP contribution in [-0.4, -0.2) is 60.8 Å². The third-order valence-electron chi connectivity index (χ3n) is 7.82. The fourth-order valence-electron chi connectivity index (χ4n) is 5.65. The van der Waals surface area contributed by atoms with Crippen LogP contribution < -0.4 is 0 Å². The van der Waals surface area contributed by atoms with Crippen molar-refractivity contribution in [3.05, 3.63) is 89.0 Å². The quantitative estimate of drug-likeness (QED) is 0.299. The lowest BCUT2D eigenvalue weighted by Crippen LogP contribution is -2.37. The van der Waals surface area contributed by atoms with Gasteiger partial charge in [-0.15, -0.1) is 11.3 Å². The summed E-state index contributed by atoms with van der Waals surface area (Å²) in [5, 5.41) is 11.4. The number of phenols is 1. The molecule has 37 heavy (non-hydrogen) atoms. The molecule has 0 amide bonds. The van der Waals surface area contributed by atoms with Crippen molar-refractivity contribution < 1.29 is 9.84 Å². The van der Waals surface area contributed by atoms with Gasteiger partial charge in [-0.05, 0) is 90.2 Å². The van der Waals surface area contributed by atoms with Gasteiger partial charge in [-0.25, -0.2) is 0 Å². The summed E-state index contributed by atoms with van der Waals surface area (Å²) in [5.41, 5.74) is 6.73. The number of morpholine rings is 1. The smallest absolute Gasteiger partial charge is 0.117 e.